The summed E-state index contributed by atoms with van der Waals surface area (Å²) in [5.74, 6) is 1.85. The van der Waals surface area contributed by atoms with Gasteiger partial charge in [0.05, 0.1) is 0 Å². The van der Waals surface area contributed by atoms with Gasteiger partial charge in [-0.25, -0.2) is 0 Å². The third-order valence-electron chi connectivity index (χ3n) is 7.25. The van der Waals surface area contributed by atoms with Crippen molar-refractivity contribution in [1.82, 2.24) is 9.47 Å². The van der Waals surface area contributed by atoms with Gasteiger partial charge in [-0.05, 0) is 74.3 Å². The summed E-state index contributed by atoms with van der Waals surface area (Å²) in [6.07, 6.45) is 9.52. The third kappa shape index (κ3) is 3.45. The van der Waals surface area contributed by atoms with Gasteiger partial charge < -0.3 is 9.47 Å². The zero-order chi connectivity index (χ0) is 18.1. The van der Waals surface area contributed by atoms with Crippen molar-refractivity contribution in [3.63, 3.8) is 0 Å². The lowest BCUT2D eigenvalue weighted by Gasteiger charge is -2.42. The number of nitrogens with zero attached hydrogens (tertiary/aromatic N) is 2. The highest BCUT2D eigenvalue weighted by molar-refractivity contribution is 5.81. The molecule has 1 aromatic heterocycles. The highest BCUT2D eigenvalue weighted by atomic mass is 15.2. The van der Waals surface area contributed by atoms with Crippen LogP contribution in [0.2, 0.25) is 0 Å². The highest BCUT2D eigenvalue weighted by Gasteiger charge is 2.30. The van der Waals surface area contributed by atoms with Crippen LogP contribution in [0, 0.1) is 11.8 Å². The van der Waals surface area contributed by atoms with E-state index in [-0.39, 0.29) is 0 Å². The van der Waals surface area contributed by atoms with E-state index in [2.05, 4.69) is 60.6 Å². The van der Waals surface area contributed by atoms with Gasteiger partial charge in [0.25, 0.3) is 0 Å². The van der Waals surface area contributed by atoms with Crippen molar-refractivity contribution >= 4 is 10.9 Å². The first-order valence-electron chi connectivity index (χ1n) is 11.0. The predicted molar refractivity (Wildman–Crippen MR) is 112 cm³/mol. The summed E-state index contributed by atoms with van der Waals surface area (Å²) < 4.78 is 2.67. The van der Waals surface area contributed by atoms with Crippen LogP contribution in [0.3, 0.4) is 0 Å². The molecule has 4 rings (SSSR count). The Hall–Kier alpha value is -1.28. The van der Waals surface area contributed by atoms with Gasteiger partial charge >= 0.3 is 0 Å². The minimum atomic E-state index is 0.688. The highest BCUT2D eigenvalue weighted by Crippen LogP contribution is 2.36. The molecule has 0 amide bonds. The lowest BCUT2D eigenvalue weighted by molar-refractivity contribution is 0.0890. The second-order valence-electron chi connectivity index (χ2n) is 9.00. The first-order valence-corrected chi connectivity index (χ1v) is 11.0. The van der Waals surface area contributed by atoms with Gasteiger partial charge in [0.2, 0.25) is 0 Å². The zero-order valence-corrected chi connectivity index (χ0v) is 17.0. The maximum Gasteiger partial charge on any atom is 0.0485 e. The van der Waals surface area contributed by atoms with Crippen LogP contribution in [0.25, 0.3) is 10.9 Å². The Kier molecular flexibility index (Phi) is 5.40. The lowest BCUT2D eigenvalue weighted by atomic mass is 9.79. The number of hydrogen-bond acceptors (Lipinski definition) is 1. The maximum absolute atomic E-state index is 2.82. The van der Waals surface area contributed by atoms with E-state index in [1.165, 1.54) is 68.2 Å². The van der Waals surface area contributed by atoms with Gasteiger partial charge in [-0.1, -0.05) is 39.0 Å². The molecule has 1 saturated carbocycles. The van der Waals surface area contributed by atoms with Crippen molar-refractivity contribution in [1.29, 1.82) is 0 Å². The monoisotopic (exact) mass is 352 g/mol. The average Bonchev–Trinajstić information content (AvgIpc) is 3.07. The molecule has 1 aliphatic heterocycles. The molecule has 2 aromatic rings. The molecule has 1 aliphatic carbocycles. The maximum atomic E-state index is 2.82. The fraction of sp³-hybridized carbons (Fsp3) is 0.667. The Bertz CT molecular complexity index is 713. The topological polar surface area (TPSA) is 8.17 Å². The summed E-state index contributed by atoms with van der Waals surface area (Å²) in [7, 11) is 0. The SMILES string of the molecule is CCc1cc2ccccc2n1C1CCN(C2CCC(C(C)C)CC2)CC1. The quantitative estimate of drug-likeness (QED) is 0.650. The molecule has 2 fully saturated rings. The predicted octanol–water partition coefficient (Wildman–Crippen LogP) is 6.06. The van der Waals surface area contributed by atoms with Gasteiger partial charge in [-0.2, -0.15) is 0 Å². The summed E-state index contributed by atoms with van der Waals surface area (Å²) in [4.78, 5) is 2.82. The molecule has 1 aromatic carbocycles. The van der Waals surface area contributed by atoms with Crippen LogP contribution in [-0.4, -0.2) is 28.6 Å². The number of piperidine rings is 1. The second-order valence-corrected chi connectivity index (χ2v) is 9.00. The standard InChI is InChI=1S/C24H36N2/c1-4-21-17-20-7-5-6-8-24(20)26(21)23-13-15-25(16-14-23)22-11-9-19(10-12-22)18(2)3/h5-8,17-19,22-23H,4,9-16H2,1-3H3. The molecule has 0 spiro atoms. The van der Waals surface area contributed by atoms with Crippen molar-refractivity contribution in [2.75, 3.05) is 13.1 Å². The first kappa shape index (κ1) is 18.1. The van der Waals surface area contributed by atoms with Crippen molar-refractivity contribution in [3.05, 3.63) is 36.0 Å². The molecular weight excluding hydrogens is 316 g/mol. The second kappa shape index (κ2) is 7.76. The van der Waals surface area contributed by atoms with Crippen molar-refractivity contribution < 1.29 is 0 Å². The molecule has 2 aliphatic rings. The molecule has 0 atom stereocenters. The Balaban J connectivity index is 1.42. The molecule has 142 valence electrons. The number of aromatic nitrogens is 1. The van der Waals surface area contributed by atoms with Crippen LogP contribution in [0.4, 0.5) is 0 Å². The molecule has 2 heterocycles. The Labute approximate surface area is 159 Å². The van der Waals surface area contributed by atoms with E-state index in [0.717, 1.165) is 24.3 Å². The van der Waals surface area contributed by atoms with Crippen LogP contribution in [0.1, 0.15) is 71.0 Å². The van der Waals surface area contributed by atoms with E-state index in [4.69, 9.17) is 0 Å². The average molecular weight is 353 g/mol. The van der Waals surface area contributed by atoms with Crippen LogP contribution in [0.5, 0.6) is 0 Å². The van der Waals surface area contributed by atoms with Gasteiger partial charge in [-0.3, -0.25) is 0 Å². The first-order chi connectivity index (χ1) is 12.7. The fourth-order valence-corrected chi connectivity index (χ4v) is 5.58. The van der Waals surface area contributed by atoms with E-state index >= 15 is 0 Å². The zero-order valence-electron chi connectivity index (χ0n) is 17.0. The molecule has 26 heavy (non-hydrogen) atoms. The van der Waals surface area contributed by atoms with Crippen LogP contribution in [-0.2, 0) is 6.42 Å². The number of aryl methyl sites for hydroxylation is 1. The minimum Gasteiger partial charge on any atom is -0.341 e. The third-order valence-corrected chi connectivity index (χ3v) is 7.25. The molecule has 0 unspecified atom stereocenters. The number of hydrogen-bond donors (Lipinski definition) is 0. The smallest absolute Gasteiger partial charge is 0.0485 e. The number of rotatable bonds is 4. The molecular formula is C24H36N2. The van der Waals surface area contributed by atoms with Gasteiger partial charge in [0.1, 0.15) is 0 Å². The Morgan fingerprint density at radius 1 is 0.923 bits per heavy atom. The summed E-state index contributed by atoms with van der Waals surface area (Å²) in [6, 6.07) is 12.9. The van der Waals surface area contributed by atoms with Gasteiger partial charge in [0.15, 0.2) is 0 Å². The summed E-state index contributed by atoms with van der Waals surface area (Å²) in [5, 5.41) is 1.42. The largest absolute Gasteiger partial charge is 0.341 e. The fourth-order valence-electron chi connectivity index (χ4n) is 5.58. The lowest BCUT2D eigenvalue weighted by Crippen LogP contribution is -2.44. The van der Waals surface area contributed by atoms with E-state index in [1.54, 1.807) is 0 Å². The molecule has 0 bridgehead atoms. The van der Waals surface area contributed by atoms with Crippen LogP contribution < -0.4 is 0 Å². The van der Waals surface area contributed by atoms with E-state index in [0.29, 0.717) is 6.04 Å². The van der Waals surface area contributed by atoms with Crippen molar-refractivity contribution in [2.24, 2.45) is 11.8 Å². The molecule has 1 saturated heterocycles. The van der Waals surface area contributed by atoms with Gasteiger partial charge in [0, 0.05) is 36.4 Å². The molecule has 0 N–H and O–H groups in total. The van der Waals surface area contributed by atoms with Crippen molar-refractivity contribution in [2.45, 2.75) is 77.8 Å². The number of likely N-dealkylation sites (tertiary alicyclic amines) is 1. The number of fused-ring (bicyclic) bond motifs is 1. The van der Waals surface area contributed by atoms with Crippen molar-refractivity contribution in [3.8, 4) is 0 Å². The Morgan fingerprint density at radius 3 is 2.27 bits per heavy atom. The normalized spacial score (nSPS) is 26.0. The van der Waals surface area contributed by atoms with E-state index < -0.39 is 0 Å². The van der Waals surface area contributed by atoms with E-state index in [1.807, 2.05) is 0 Å². The van der Waals surface area contributed by atoms with Crippen LogP contribution >= 0.6 is 0 Å². The van der Waals surface area contributed by atoms with Crippen LogP contribution in [0.15, 0.2) is 30.3 Å². The summed E-state index contributed by atoms with van der Waals surface area (Å²) in [5.41, 5.74) is 2.96. The minimum absolute atomic E-state index is 0.688. The Morgan fingerprint density at radius 2 is 1.62 bits per heavy atom. The molecule has 0 radical (unpaired) electrons. The number of benzene rings is 1. The molecule has 2 nitrogen and oxygen atoms in total. The number of para-hydroxylation sites is 1. The van der Waals surface area contributed by atoms with E-state index in [9.17, 15) is 0 Å². The summed E-state index contributed by atoms with van der Waals surface area (Å²) >= 11 is 0. The van der Waals surface area contributed by atoms with Gasteiger partial charge in [-0.15, -0.1) is 0 Å². The molecule has 2 heteroatoms. The summed E-state index contributed by atoms with van der Waals surface area (Å²) in [6.45, 7) is 9.69.